The van der Waals surface area contributed by atoms with Crippen LogP contribution in [0, 0.1) is 6.92 Å². The van der Waals surface area contributed by atoms with Crippen molar-refractivity contribution in [1.29, 1.82) is 0 Å². The van der Waals surface area contributed by atoms with Crippen LogP contribution in [0.5, 0.6) is 11.5 Å². The summed E-state index contributed by atoms with van der Waals surface area (Å²) in [6.07, 6.45) is 0.569. The maximum atomic E-state index is 9.52. The number of hydrogen-bond donors (Lipinski definition) is 3. The molecule has 0 amide bonds. The van der Waals surface area contributed by atoms with Crippen LogP contribution in [0.2, 0.25) is 0 Å². The molecule has 0 aliphatic carbocycles. The van der Waals surface area contributed by atoms with Crippen molar-refractivity contribution in [3.05, 3.63) is 23.3 Å². The molecule has 1 aromatic rings. The van der Waals surface area contributed by atoms with Gasteiger partial charge in [0.1, 0.15) is 0 Å². The van der Waals surface area contributed by atoms with Crippen molar-refractivity contribution in [2.24, 2.45) is 5.73 Å². The van der Waals surface area contributed by atoms with Gasteiger partial charge in [-0.25, -0.2) is 0 Å². The first-order valence-corrected chi connectivity index (χ1v) is 4.28. The highest BCUT2D eigenvalue weighted by atomic mass is 16.3. The van der Waals surface area contributed by atoms with Gasteiger partial charge in [-0.15, -0.1) is 0 Å². The average molecular weight is 181 g/mol. The molecule has 1 atom stereocenters. The quantitative estimate of drug-likeness (QED) is 0.602. The number of benzene rings is 1. The maximum absolute atomic E-state index is 9.52. The first kappa shape index (κ1) is 9.86. The van der Waals surface area contributed by atoms with Crippen molar-refractivity contribution < 1.29 is 10.2 Å². The molecule has 72 valence electrons. The van der Waals surface area contributed by atoms with Crippen LogP contribution in [0.15, 0.2) is 12.1 Å². The van der Waals surface area contributed by atoms with Crippen molar-refractivity contribution in [2.75, 3.05) is 0 Å². The Labute approximate surface area is 77.8 Å². The topological polar surface area (TPSA) is 66.5 Å². The Morgan fingerprint density at radius 3 is 2.46 bits per heavy atom. The Bertz CT molecular complexity index is 308. The fraction of sp³-hybridized carbons (Fsp3) is 0.400. The Kier molecular flexibility index (Phi) is 2.78. The zero-order valence-corrected chi connectivity index (χ0v) is 7.91. The third-order valence-electron chi connectivity index (χ3n) is 1.98. The molecule has 0 aliphatic rings. The number of phenolic OH excluding ortho intramolecular Hbond substituents is 2. The standard InChI is InChI=1S/C10H15NO2/c1-6-3-4-8(5-7(2)11)10(13)9(6)12/h3-4,7,12-13H,5,11H2,1-2H3. The lowest BCUT2D eigenvalue weighted by atomic mass is 10.0. The molecule has 0 fully saturated rings. The van der Waals surface area contributed by atoms with Crippen molar-refractivity contribution in [3.8, 4) is 11.5 Å². The summed E-state index contributed by atoms with van der Waals surface area (Å²) in [7, 11) is 0. The van der Waals surface area contributed by atoms with Crippen LogP contribution in [-0.4, -0.2) is 16.3 Å². The van der Waals surface area contributed by atoms with Gasteiger partial charge >= 0.3 is 0 Å². The summed E-state index contributed by atoms with van der Waals surface area (Å²) in [5.74, 6) is -0.0875. The largest absolute Gasteiger partial charge is 0.504 e. The molecule has 0 saturated carbocycles. The van der Waals surface area contributed by atoms with Crippen LogP contribution >= 0.6 is 0 Å². The van der Waals surface area contributed by atoms with Crippen molar-refractivity contribution in [2.45, 2.75) is 26.3 Å². The van der Waals surface area contributed by atoms with Gasteiger partial charge in [-0.05, 0) is 31.4 Å². The maximum Gasteiger partial charge on any atom is 0.161 e. The zero-order chi connectivity index (χ0) is 10.0. The smallest absolute Gasteiger partial charge is 0.161 e. The van der Waals surface area contributed by atoms with Crippen LogP contribution in [0.4, 0.5) is 0 Å². The van der Waals surface area contributed by atoms with Gasteiger partial charge in [-0.1, -0.05) is 12.1 Å². The van der Waals surface area contributed by atoms with Gasteiger partial charge in [0.15, 0.2) is 11.5 Å². The molecule has 3 nitrogen and oxygen atoms in total. The Morgan fingerprint density at radius 1 is 1.31 bits per heavy atom. The van der Waals surface area contributed by atoms with Crippen LogP contribution in [0.3, 0.4) is 0 Å². The number of phenols is 2. The molecule has 0 heterocycles. The minimum absolute atomic E-state index is 0.0204. The monoisotopic (exact) mass is 181 g/mol. The molecule has 4 N–H and O–H groups in total. The number of aryl methyl sites for hydroxylation is 1. The van der Waals surface area contributed by atoms with E-state index in [2.05, 4.69) is 0 Å². The van der Waals surface area contributed by atoms with Crippen molar-refractivity contribution in [3.63, 3.8) is 0 Å². The van der Waals surface area contributed by atoms with Crippen LogP contribution in [0.1, 0.15) is 18.1 Å². The number of nitrogens with two attached hydrogens (primary N) is 1. The van der Waals surface area contributed by atoms with E-state index in [1.165, 1.54) is 0 Å². The lowest BCUT2D eigenvalue weighted by Crippen LogP contribution is -2.17. The Morgan fingerprint density at radius 2 is 1.92 bits per heavy atom. The minimum Gasteiger partial charge on any atom is -0.504 e. The third-order valence-corrected chi connectivity index (χ3v) is 1.98. The van der Waals surface area contributed by atoms with Gasteiger partial charge < -0.3 is 15.9 Å². The van der Waals surface area contributed by atoms with Crippen LogP contribution in [-0.2, 0) is 6.42 Å². The normalized spacial score (nSPS) is 12.8. The summed E-state index contributed by atoms with van der Waals surface area (Å²) in [5, 5.41) is 18.9. The summed E-state index contributed by atoms with van der Waals surface area (Å²) >= 11 is 0. The predicted octanol–water partition coefficient (Wildman–Crippen LogP) is 1.30. The molecule has 0 radical (unpaired) electrons. The second-order valence-electron chi connectivity index (χ2n) is 3.42. The van der Waals surface area contributed by atoms with Crippen molar-refractivity contribution in [1.82, 2.24) is 0 Å². The molecule has 0 aromatic heterocycles. The van der Waals surface area contributed by atoms with Crippen LogP contribution < -0.4 is 5.73 Å². The molecule has 1 unspecified atom stereocenters. The van der Waals surface area contributed by atoms with Gasteiger partial charge in [-0.2, -0.15) is 0 Å². The molecule has 1 rings (SSSR count). The summed E-state index contributed by atoms with van der Waals surface area (Å²) < 4.78 is 0. The highest BCUT2D eigenvalue weighted by Gasteiger charge is 2.09. The first-order valence-electron chi connectivity index (χ1n) is 4.28. The van der Waals surface area contributed by atoms with E-state index in [0.717, 1.165) is 0 Å². The summed E-state index contributed by atoms with van der Waals surface area (Å²) in [5.41, 5.74) is 6.95. The van der Waals surface area contributed by atoms with Gasteiger partial charge in [0.2, 0.25) is 0 Å². The molecule has 1 aromatic carbocycles. The Hall–Kier alpha value is -1.22. The highest BCUT2D eigenvalue weighted by Crippen LogP contribution is 2.32. The number of hydrogen-bond acceptors (Lipinski definition) is 3. The molecule has 0 spiro atoms. The summed E-state index contributed by atoms with van der Waals surface area (Å²) in [4.78, 5) is 0. The lowest BCUT2D eigenvalue weighted by molar-refractivity contribution is 0.396. The molecule has 3 heteroatoms. The van der Waals surface area contributed by atoms with E-state index in [1.54, 1.807) is 19.1 Å². The van der Waals surface area contributed by atoms with Gasteiger partial charge in [0.05, 0.1) is 0 Å². The zero-order valence-electron chi connectivity index (χ0n) is 7.91. The van der Waals surface area contributed by atoms with E-state index in [0.29, 0.717) is 17.5 Å². The Balaban J connectivity index is 3.04. The van der Waals surface area contributed by atoms with E-state index >= 15 is 0 Å². The molecular weight excluding hydrogens is 166 g/mol. The van der Waals surface area contributed by atoms with E-state index in [-0.39, 0.29) is 17.5 Å². The molecule has 0 bridgehead atoms. The summed E-state index contributed by atoms with van der Waals surface area (Å²) in [6, 6.07) is 3.54. The lowest BCUT2D eigenvalue weighted by Gasteiger charge is -2.09. The molecule has 0 saturated heterocycles. The molecular formula is C10H15NO2. The summed E-state index contributed by atoms with van der Waals surface area (Å²) in [6.45, 7) is 3.60. The van der Waals surface area contributed by atoms with Gasteiger partial charge in [-0.3, -0.25) is 0 Å². The fourth-order valence-corrected chi connectivity index (χ4v) is 1.23. The van der Waals surface area contributed by atoms with Gasteiger partial charge in [0.25, 0.3) is 0 Å². The molecule has 0 aliphatic heterocycles. The van der Waals surface area contributed by atoms with E-state index < -0.39 is 0 Å². The number of aromatic hydroxyl groups is 2. The van der Waals surface area contributed by atoms with Crippen molar-refractivity contribution >= 4 is 0 Å². The predicted molar refractivity (Wildman–Crippen MR) is 51.9 cm³/mol. The minimum atomic E-state index is -0.0442. The third kappa shape index (κ3) is 2.12. The second-order valence-corrected chi connectivity index (χ2v) is 3.42. The second kappa shape index (κ2) is 3.66. The molecule has 13 heavy (non-hydrogen) atoms. The van der Waals surface area contributed by atoms with E-state index in [9.17, 15) is 10.2 Å². The van der Waals surface area contributed by atoms with E-state index in [1.807, 2.05) is 6.92 Å². The fourth-order valence-electron chi connectivity index (χ4n) is 1.23. The average Bonchev–Trinajstić information content (AvgIpc) is 2.06. The first-order chi connectivity index (χ1) is 6.02. The van der Waals surface area contributed by atoms with Gasteiger partial charge in [0, 0.05) is 6.04 Å². The SMILES string of the molecule is Cc1ccc(CC(C)N)c(O)c1O. The highest BCUT2D eigenvalue weighted by molar-refractivity contribution is 5.49. The van der Waals surface area contributed by atoms with Crippen LogP contribution in [0.25, 0.3) is 0 Å². The van der Waals surface area contributed by atoms with E-state index in [4.69, 9.17) is 5.73 Å². The number of rotatable bonds is 2.